The Morgan fingerprint density at radius 1 is 1.29 bits per heavy atom. The molecule has 0 aliphatic heterocycles. The molecule has 114 valence electrons. The highest BCUT2D eigenvalue weighted by Gasteiger charge is 2.40. The molecule has 1 aliphatic carbocycles. The van der Waals surface area contributed by atoms with Crippen LogP contribution in [0.25, 0.3) is 0 Å². The molecular weight excluding hydrogens is 268 g/mol. The minimum absolute atomic E-state index is 0.00177. The number of carbonyl (C=O) groups excluding carboxylic acids is 1. The molecule has 0 saturated heterocycles. The van der Waals surface area contributed by atoms with Crippen LogP contribution in [0.15, 0.2) is 24.3 Å². The molecule has 1 aromatic carbocycles. The van der Waals surface area contributed by atoms with Crippen LogP contribution in [0.5, 0.6) is 0 Å². The smallest absolute Gasteiger partial charge is 0.315 e. The fraction of sp³-hybridized carbons (Fsp3) is 0.500. The SMILES string of the molecule is Cc1ccccc1CCNC(=O)NC1(CC(=O)O)CCC1. The molecule has 0 spiro atoms. The fourth-order valence-corrected chi connectivity index (χ4v) is 2.73. The average molecular weight is 290 g/mol. The van der Waals surface area contributed by atoms with Crippen molar-refractivity contribution in [2.75, 3.05) is 6.54 Å². The van der Waals surface area contributed by atoms with Crippen molar-refractivity contribution in [1.82, 2.24) is 10.6 Å². The molecule has 0 bridgehead atoms. The lowest BCUT2D eigenvalue weighted by Crippen LogP contribution is -2.57. The molecule has 1 aromatic rings. The Morgan fingerprint density at radius 3 is 2.57 bits per heavy atom. The number of carboxylic acid groups (broad SMARTS) is 1. The van der Waals surface area contributed by atoms with Crippen molar-refractivity contribution < 1.29 is 14.7 Å². The minimum Gasteiger partial charge on any atom is -0.481 e. The van der Waals surface area contributed by atoms with E-state index < -0.39 is 11.5 Å². The van der Waals surface area contributed by atoms with Crippen molar-refractivity contribution in [3.05, 3.63) is 35.4 Å². The number of carboxylic acids is 1. The van der Waals surface area contributed by atoms with E-state index in [1.165, 1.54) is 11.1 Å². The molecule has 2 amide bonds. The van der Waals surface area contributed by atoms with Crippen molar-refractivity contribution in [3.63, 3.8) is 0 Å². The van der Waals surface area contributed by atoms with Crippen LogP contribution in [-0.4, -0.2) is 29.2 Å². The second kappa shape index (κ2) is 6.61. The molecule has 5 heteroatoms. The van der Waals surface area contributed by atoms with Gasteiger partial charge in [-0.1, -0.05) is 24.3 Å². The van der Waals surface area contributed by atoms with Crippen molar-refractivity contribution >= 4 is 12.0 Å². The van der Waals surface area contributed by atoms with Gasteiger partial charge < -0.3 is 15.7 Å². The van der Waals surface area contributed by atoms with Crippen LogP contribution >= 0.6 is 0 Å². The van der Waals surface area contributed by atoms with Crippen LogP contribution in [0.1, 0.15) is 36.8 Å². The van der Waals surface area contributed by atoms with E-state index in [2.05, 4.69) is 10.6 Å². The number of nitrogens with one attached hydrogen (secondary N) is 2. The normalized spacial score (nSPS) is 15.9. The summed E-state index contributed by atoms with van der Waals surface area (Å²) in [5.41, 5.74) is 1.88. The first-order chi connectivity index (χ1) is 10.0. The van der Waals surface area contributed by atoms with Crippen LogP contribution < -0.4 is 10.6 Å². The van der Waals surface area contributed by atoms with E-state index in [0.717, 1.165) is 25.7 Å². The highest BCUT2D eigenvalue weighted by atomic mass is 16.4. The van der Waals surface area contributed by atoms with Gasteiger partial charge in [0.05, 0.1) is 12.0 Å². The van der Waals surface area contributed by atoms with Gasteiger partial charge in [0.1, 0.15) is 0 Å². The maximum absolute atomic E-state index is 11.9. The summed E-state index contributed by atoms with van der Waals surface area (Å²) in [4.78, 5) is 22.7. The second-order valence-corrected chi connectivity index (χ2v) is 5.76. The number of urea groups is 1. The summed E-state index contributed by atoms with van der Waals surface area (Å²) in [5.74, 6) is -0.866. The zero-order valence-corrected chi connectivity index (χ0v) is 12.3. The minimum atomic E-state index is -0.866. The molecule has 1 saturated carbocycles. The number of carbonyl (C=O) groups is 2. The Hall–Kier alpha value is -2.04. The molecule has 5 nitrogen and oxygen atoms in total. The van der Waals surface area contributed by atoms with Gasteiger partial charge in [-0.15, -0.1) is 0 Å². The van der Waals surface area contributed by atoms with Gasteiger partial charge in [0.25, 0.3) is 0 Å². The Bertz CT molecular complexity index is 524. The largest absolute Gasteiger partial charge is 0.481 e. The number of rotatable bonds is 6. The topological polar surface area (TPSA) is 78.4 Å². The van der Waals surface area contributed by atoms with Gasteiger partial charge >= 0.3 is 12.0 Å². The summed E-state index contributed by atoms with van der Waals surface area (Å²) in [6, 6.07) is 7.80. The molecular formula is C16H22N2O3. The van der Waals surface area contributed by atoms with Crippen molar-refractivity contribution in [1.29, 1.82) is 0 Å². The van der Waals surface area contributed by atoms with Crippen molar-refractivity contribution in [2.24, 2.45) is 0 Å². The predicted molar refractivity (Wildman–Crippen MR) is 80.3 cm³/mol. The number of hydrogen-bond acceptors (Lipinski definition) is 2. The first-order valence-electron chi connectivity index (χ1n) is 7.33. The number of aryl methyl sites for hydroxylation is 1. The number of aliphatic carboxylic acids is 1. The van der Waals surface area contributed by atoms with E-state index in [0.29, 0.717) is 6.54 Å². The molecule has 0 heterocycles. The highest BCUT2D eigenvalue weighted by molar-refractivity contribution is 5.77. The molecule has 1 aliphatic rings. The van der Waals surface area contributed by atoms with E-state index in [1.807, 2.05) is 31.2 Å². The summed E-state index contributed by atoms with van der Waals surface area (Å²) in [7, 11) is 0. The van der Waals surface area contributed by atoms with Gasteiger partial charge in [0.2, 0.25) is 0 Å². The summed E-state index contributed by atoms with van der Waals surface area (Å²) in [6.45, 7) is 2.59. The lowest BCUT2D eigenvalue weighted by Gasteiger charge is -2.41. The molecule has 21 heavy (non-hydrogen) atoms. The van der Waals surface area contributed by atoms with E-state index in [9.17, 15) is 9.59 Å². The standard InChI is InChI=1S/C16H22N2O3/c1-12-5-2-3-6-13(12)7-10-17-15(21)18-16(8-4-9-16)11-14(19)20/h2-3,5-6H,4,7-11H2,1H3,(H,19,20)(H2,17,18,21). The predicted octanol–water partition coefficient (Wildman–Crippen LogP) is 2.23. The number of benzene rings is 1. The summed E-state index contributed by atoms with van der Waals surface area (Å²) >= 11 is 0. The first-order valence-corrected chi connectivity index (χ1v) is 7.33. The van der Waals surface area contributed by atoms with E-state index in [1.54, 1.807) is 0 Å². The van der Waals surface area contributed by atoms with Crippen molar-refractivity contribution in [2.45, 2.75) is 44.6 Å². The third-order valence-corrected chi connectivity index (χ3v) is 4.12. The molecule has 1 fully saturated rings. The molecule has 2 rings (SSSR count). The molecule has 0 atom stereocenters. The van der Waals surface area contributed by atoms with Gasteiger partial charge in [0.15, 0.2) is 0 Å². The summed E-state index contributed by atoms with van der Waals surface area (Å²) < 4.78 is 0. The van der Waals surface area contributed by atoms with Crippen LogP contribution in [0, 0.1) is 6.92 Å². The second-order valence-electron chi connectivity index (χ2n) is 5.76. The molecule has 0 unspecified atom stereocenters. The Kier molecular flexibility index (Phi) is 4.83. The third kappa shape index (κ3) is 4.21. The quantitative estimate of drug-likeness (QED) is 0.751. The average Bonchev–Trinajstić information content (AvgIpc) is 2.38. The van der Waals surface area contributed by atoms with Gasteiger partial charge in [0, 0.05) is 6.54 Å². The van der Waals surface area contributed by atoms with Gasteiger partial charge in [-0.2, -0.15) is 0 Å². The zero-order valence-electron chi connectivity index (χ0n) is 12.3. The molecule has 0 radical (unpaired) electrons. The Morgan fingerprint density at radius 2 is 2.00 bits per heavy atom. The highest BCUT2D eigenvalue weighted by Crippen LogP contribution is 2.34. The van der Waals surface area contributed by atoms with E-state index in [-0.39, 0.29) is 12.5 Å². The molecule has 3 N–H and O–H groups in total. The van der Waals surface area contributed by atoms with E-state index >= 15 is 0 Å². The van der Waals surface area contributed by atoms with Gasteiger partial charge in [-0.05, 0) is 43.7 Å². The zero-order chi connectivity index (χ0) is 15.3. The van der Waals surface area contributed by atoms with Crippen LogP contribution in [-0.2, 0) is 11.2 Å². The fourth-order valence-electron chi connectivity index (χ4n) is 2.73. The number of hydrogen-bond donors (Lipinski definition) is 3. The Labute approximate surface area is 124 Å². The van der Waals surface area contributed by atoms with Crippen LogP contribution in [0.4, 0.5) is 4.79 Å². The Balaban J connectivity index is 1.77. The number of amides is 2. The summed E-state index contributed by atoms with van der Waals surface area (Å²) in [5, 5.41) is 14.6. The summed E-state index contributed by atoms with van der Waals surface area (Å²) in [6.07, 6.45) is 3.22. The molecule has 0 aromatic heterocycles. The van der Waals surface area contributed by atoms with Gasteiger partial charge in [-0.25, -0.2) is 4.79 Å². The lowest BCUT2D eigenvalue weighted by molar-refractivity contribution is -0.139. The van der Waals surface area contributed by atoms with Crippen molar-refractivity contribution in [3.8, 4) is 0 Å². The van der Waals surface area contributed by atoms with E-state index in [4.69, 9.17) is 5.11 Å². The van der Waals surface area contributed by atoms with Crippen LogP contribution in [0.3, 0.4) is 0 Å². The lowest BCUT2D eigenvalue weighted by atomic mass is 9.74. The maximum Gasteiger partial charge on any atom is 0.315 e. The van der Waals surface area contributed by atoms with Gasteiger partial charge in [-0.3, -0.25) is 4.79 Å². The first kappa shape index (κ1) is 15.4. The maximum atomic E-state index is 11.9. The monoisotopic (exact) mass is 290 g/mol. The van der Waals surface area contributed by atoms with Crippen LogP contribution in [0.2, 0.25) is 0 Å². The third-order valence-electron chi connectivity index (χ3n) is 4.12.